The van der Waals surface area contributed by atoms with Crippen molar-refractivity contribution < 1.29 is 18.3 Å². The van der Waals surface area contributed by atoms with Gasteiger partial charge in [0, 0.05) is 5.56 Å². The van der Waals surface area contributed by atoms with Gasteiger partial charge in [-0.05, 0) is 37.6 Å². The lowest BCUT2D eigenvalue weighted by Crippen LogP contribution is -2.05. The van der Waals surface area contributed by atoms with Gasteiger partial charge in [-0.2, -0.15) is 0 Å². The summed E-state index contributed by atoms with van der Waals surface area (Å²) in [5.41, 5.74) is 1.16. The van der Waals surface area contributed by atoms with Crippen molar-refractivity contribution in [3.8, 4) is 11.5 Å². The Morgan fingerprint density at radius 1 is 1.32 bits per heavy atom. The number of halogens is 1. The van der Waals surface area contributed by atoms with E-state index >= 15 is 0 Å². The summed E-state index contributed by atoms with van der Waals surface area (Å²) in [4.78, 5) is 15.9. The molecule has 0 aliphatic heterocycles. The van der Waals surface area contributed by atoms with E-state index in [0.717, 1.165) is 0 Å². The van der Waals surface area contributed by atoms with Gasteiger partial charge in [0.15, 0.2) is 0 Å². The van der Waals surface area contributed by atoms with Gasteiger partial charge in [-0.25, -0.2) is 14.2 Å². The van der Waals surface area contributed by atoms with Crippen molar-refractivity contribution in [2.75, 3.05) is 6.61 Å². The topological polar surface area (TPSA) is 52.3 Å². The first-order valence-corrected chi connectivity index (χ1v) is 6.08. The van der Waals surface area contributed by atoms with Crippen molar-refractivity contribution in [2.24, 2.45) is 0 Å². The van der Waals surface area contributed by atoms with Crippen molar-refractivity contribution in [3.05, 3.63) is 41.5 Å². The number of carbonyl (C=O) groups is 1. The maximum absolute atomic E-state index is 12.9. The Morgan fingerprint density at radius 3 is 2.58 bits per heavy atom. The summed E-state index contributed by atoms with van der Waals surface area (Å²) in [6.07, 6.45) is 0.554. The van der Waals surface area contributed by atoms with E-state index in [1.807, 2.05) is 6.92 Å². The van der Waals surface area contributed by atoms with Crippen LogP contribution < -0.4 is 0 Å². The number of esters is 1. The molecule has 0 saturated heterocycles. The van der Waals surface area contributed by atoms with E-state index in [4.69, 9.17) is 9.15 Å². The summed E-state index contributed by atoms with van der Waals surface area (Å²) >= 11 is 0. The Morgan fingerprint density at radius 2 is 2.00 bits per heavy atom. The Labute approximate surface area is 110 Å². The van der Waals surface area contributed by atoms with Crippen LogP contribution in [0, 0.1) is 5.82 Å². The number of rotatable bonds is 4. The monoisotopic (exact) mass is 263 g/mol. The van der Waals surface area contributed by atoms with Crippen LogP contribution in [0.15, 0.2) is 28.7 Å². The number of oxazole rings is 1. The molecule has 0 unspecified atom stereocenters. The molecule has 0 fully saturated rings. The average molecular weight is 263 g/mol. The first-order valence-electron chi connectivity index (χ1n) is 6.08. The molecule has 5 heteroatoms. The molecule has 0 bridgehead atoms. The lowest BCUT2D eigenvalue weighted by Gasteiger charge is -1.98. The molecule has 0 aliphatic rings. The summed E-state index contributed by atoms with van der Waals surface area (Å²) in [5, 5.41) is 0. The number of carbonyl (C=O) groups excluding carboxylic acids is 1. The smallest absolute Gasteiger partial charge is 0.376 e. The van der Waals surface area contributed by atoms with Crippen molar-refractivity contribution in [3.63, 3.8) is 0 Å². The number of ether oxygens (including phenoxy) is 1. The lowest BCUT2D eigenvalue weighted by molar-refractivity contribution is 0.0489. The molecule has 2 aromatic rings. The van der Waals surface area contributed by atoms with Crippen LogP contribution in [0.25, 0.3) is 11.5 Å². The van der Waals surface area contributed by atoms with Gasteiger partial charge < -0.3 is 9.15 Å². The molecule has 19 heavy (non-hydrogen) atoms. The van der Waals surface area contributed by atoms with Crippen molar-refractivity contribution >= 4 is 5.97 Å². The fourth-order valence-corrected chi connectivity index (χ4v) is 1.66. The van der Waals surface area contributed by atoms with Crippen LogP contribution in [0.1, 0.15) is 30.1 Å². The van der Waals surface area contributed by atoms with E-state index < -0.39 is 5.97 Å². The van der Waals surface area contributed by atoms with Gasteiger partial charge in [0.1, 0.15) is 5.82 Å². The third kappa shape index (κ3) is 2.81. The third-order valence-corrected chi connectivity index (χ3v) is 2.58. The molecular weight excluding hydrogens is 249 g/mol. The lowest BCUT2D eigenvalue weighted by atomic mass is 10.2. The van der Waals surface area contributed by atoms with Gasteiger partial charge in [-0.1, -0.05) is 6.92 Å². The highest BCUT2D eigenvalue weighted by Gasteiger charge is 2.20. The van der Waals surface area contributed by atoms with Gasteiger partial charge in [0.25, 0.3) is 0 Å². The first kappa shape index (κ1) is 13.3. The minimum atomic E-state index is -0.528. The normalized spacial score (nSPS) is 10.5. The molecule has 1 heterocycles. The van der Waals surface area contributed by atoms with Gasteiger partial charge in [0.2, 0.25) is 11.7 Å². The number of aromatic nitrogens is 1. The summed E-state index contributed by atoms with van der Waals surface area (Å²) in [6, 6.07) is 5.73. The molecule has 0 saturated carbocycles. The zero-order chi connectivity index (χ0) is 13.8. The zero-order valence-corrected chi connectivity index (χ0v) is 10.8. The zero-order valence-electron chi connectivity index (χ0n) is 10.8. The summed E-state index contributed by atoms with van der Waals surface area (Å²) < 4.78 is 23.2. The van der Waals surface area contributed by atoms with E-state index in [-0.39, 0.29) is 18.2 Å². The molecule has 0 aliphatic carbocycles. The van der Waals surface area contributed by atoms with Crippen LogP contribution in [-0.2, 0) is 11.2 Å². The van der Waals surface area contributed by atoms with Crippen LogP contribution in [0.5, 0.6) is 0 Å². The first-order chi connectivity index (χ1) is 9.15. The number of nitrogens with zero attached hydrogens (tertiary/aromatic N) is 1. The largest absolute Gasteiger partial charge is 0.460 e. The maximum atomic E-state index is 12.9. The average Bonchev–Trinajstić information content (AvgIpc) is 2.84. The molecule has 0 spiro atoms. The van der Waals surface area contributed by atoms with Crippen molar-refractivity contribution in [1.82, 2.24) is 4.98 Å². The van der Waals surface area contributed by atoms with Crippen LogP contribution >= 0.6 is 0 Å². The summed E-state index contributed by atoms with van der Waals surface area (Å²) in [6.45, 7) is 3.87. The van der Waals surface area contributed by atoms with Gasteiger partial charge >= 0.3 is 5.97 Å². The molecule has 0 radical (unpaired) electrons. The Hall–Kier alpha value is -2.17. The number of aryl methyl sites for hydroxylation is 1. The van der Waals surface area contributed by atoms with Crippen LogP contribution in [0.4, 0.5) is 4.39 Å². The molecular formula is C14H14FNO3. The molecule has 0 N–H and O–H groups in total. The van der Waals surface area contributed by atoms with E-state index in [9.17, 15) is 9.18 Å². The quantitative estimate of drug-likeness (QED) is 0.795. The van der Waals surface area contributed by atoms with E-state index in [1.54, 1.807) is 19.1 Å². The second-order valence-corrected chi connectivity index (χ2v) is 3.88. The molecule has 1 aromatic heterocycles. The second-order valence-electron chi connectivity index (χ2n) is 3.88. The maximum Gasteiger partial charge on any atom is 0.376 e. The SMILES string of the molecule is CCOC(=O)c1oc(-c2ccc(F)cc2)nc1CC. The Bertz CT molecular complexity index is 575. The van der Waals surface area contributed by atoms with E-state index in [2.05, 4.69) is 4.98 Å². The highest BCUT2D eigenvalue weighted by molar-refractivity contribution is 5.88. The van der Waals surface area contributed by atoms with Gasteiger partial charge in [0.05, 0.1) is 12.3 Å². The standard InChI is InChI=1S/C14H14FNO3/c1-3-11-12(14(17)18-4-2)19-13(16-11)9-5-7-10(15)8-6-9/h5-8H,3-4H2,1-2H3. The highest BCUT2D eigenvalue weighted by Crippen LogP contribution is 2.23. The second kappa shape index (κ2) is 5.65. The minimum Gasteiger partial charge on any atom is -0.460 e. The van der Waals surface area contributed by atoms with Crippen LogP contribution in [0.3, 0.4) is 0 Å². The summed E-state index contributed by atoms with van der Waals surface area (Å²) in [7, 11) is 0. The Balaban J connectivity index is 2.38. The third-order valence-electron chi connectivity index (χ3n) is 2.58. The molecule has 100 valence electrons. The fourth-order valence-electron chi connectivity index (χ4n) is 1.66. The van der Waals surface area contributed by atoms with E-state index in [1.165, 1.54) is 12.1 Å². The van der Waals surface area contributed by atoms with Gasteiger partial charge in [-0.3, -0.25) is 0 Å². The number of benzene rings is 1. The van der Waals surface area contributed by atoms with Crippen LogP contribution in [0.2, 0.25) is 0 Å². The van der Waals surface area contributed by atoms with Crippen LogP contribution in [-0.4, -0.2) is 17.6 Å². The summed E-state index contributed by atoms with van der Waals surface area (Å²) in [5.74, 6) is -0.458. The Kier molecular flexibility index (Phi) is 3.94. The number of hydrogen-bond acceptors (Lipinski definition) is 4. The minimum absolute atomic E-state index is 0.115. The molecule has 0 amide bonds. The molecule has 1 aromatic carbocycles. The molecule has 0 atom stereocenters. The van der Waals surface area contributed by atoms with Crippen molar-refractivity contribution in [2.45, 2.75) is 20.3 Å². The van der Waals surface area contributed by atoms with E-state index in [0.29, 0.717) is 23.6 Å². The fraction of sp³-hybridized carbons (Fsp3) is 0.286. The predicted octanol–water partition coefficient (Wildman–Crippen LogP) is 3.22. The highest BCUT2D eigenvalue weighted by atomic mass is 19.1. The van der Waals surface area contributed by atoms with Gasteiger partial charge in [-0.15, -0.1) is 0 Å². The number of hydrogen-bond donors (Lipinski definition) is 0. The molecule has 2 rings (SSSR count). The molecule has 4 nitrogen and oxygen atoms in total. The van der Waals surface area contributed by atoms with Crippen molar-refractivity contribution in [1.29, 1.82) is 0 Å². The predicted molar refractivity (Wildman–Crippen MR) is 67.2 cm³/mol.